The van der Waals surface area contributed by atoms with Crippen molar-refractivity contribution in [2.45, 2.75) is 83.7 Å². The van der Waals surface area contributed by atoms with E-state index in [0.29, 0.717) is 12.5 Å². The number of hydrogen-bond acceptors (Lipinski definition) is 1. The maximum Gasteiger partial charge on any atom is 0.143 e. The van der Waals surface area contributed by atoms with Crippen LogP contribution in [0.15, 0.2) is 42.5 Å². The fraction of sp³-hybridized carbons (Fsp3) is 0.481. The van der Waals surface area contributed by atoms with Crippen molar-refractivity contribution in [3.8, 4) is 0 Å². The highest BCUT2D eigenvalue weighted by Gasteiger charge is 2.23. The highest BCUT2D eigenvalue weighted by molar-refractivity contribution is 5.57. The summed E-state index contributed by atoms with van der Waals surface area (Å²) in [6.07, 6.45) is 20.1. The maximum absolute atomic E-state index is 6.28. The van der Waals surface area contributed by atoms with Crippen molar-refractivity contribution in [3.63, 3.8) is 0 Å². The van der Waals surface area contributed by atoms with E-state index < -0.39 is 0 Å². The molecule has 1 unspecified atom stereocenters. The number of hydrogen-bond donors (Lipinski definition) is 1. The van der Waals surface area contributed by atoms with Crippen LogP contribution in [0.25, 0.3) is 11.8 Å². The van der Waals surface area contributed by atoms with Crippen LogP contribution < -0.4 is 10.7 Å². The van der Waals surface area contributed by atoms with Gasteiger partial charge in [0.15, 0.2) is 0 Å². The minimum Gasteiger partial charge on any atom is -0.487 e. The van der Waals surface area contributed by atoms with Gasteiger partial charge in [-0.05, 0) is 48.4 Å². The van der Waals surface area contributed by atoms with E-state index in [1.165, 1.54) is 86.0 Å². The SMILES string of the molecule is CCCCCCCCC1C=CC(OCc2ccccc2)=c2[nH]c3c(c21)CCCC=3. The Morgan fingerprint density at radius 1 is 1.03 bits per heavy atom. The molecule has 2 aromatic rings. The molecule has 2 aliphatic rings. The monoisotopic (exact) mass is 389 g/mol. The number of allylic oxidation sites excluding steroid dienone is 1. The van der Waals surface area contributed by atoms with Crippen LogP contribution >= 0.6 is 0 Å². The molecule has 0 aliphatic heterocycles. The Morgan fingerprint density at radius 3 is 2.72 bits per heavy atom. The summed E-state index contributed by atoms with van der Waals surface area (Å²) in [4.78, 5) is 3.72. The molecular formula is C27H35NO. The van der Waals surface area contributed by atoms with Crippen molar-refractivity contribution in [1.29, 1.82) is 0 Å². The third-order valence-electron chi connectivity index (χ3n) is 6.36. The Morgan fingerprint density at radius 2 is 1.86 bits per heavy atom. The van der Waals surface area contributed by atoms with Gasteiger partial charge in [0.25, 0.3) is 0 Å². The molecule has 4 rings (SSSR count). The lowest BCUT2D eigenvalue weighted by Gasteiger charge is -2.20. The molecule has 0 amide bonds. The largest absolute Gasteiger partial charge is 0.487 e. The van der Waals surface area contributed by atoms with Crippen molar-refractivity contribution in [2.75, 3.05) is 0 Å². The van der Waals surface area contributed by atoms with Crippen LogP contribution in [-0.2, 0) is 17.8 Å². The number of nitrogens with one attached hydrogen (secondary N) is 1. The molecule has 29 heavy (non-hydrogen) atoms. The Labute approximate surface area is 175 Å². The normalized spacial score (nSPS) is 17.6. The third-order valence-corrected chi connectivity index (χ3v) is 6.36. The first-order valence-corrected chi connectivity index (χ1v) is 11.7. The highest BCUT2D eigenvalue weighted by Crippen LogP contribution is 2.29. The summed E-state index contributed by atoms with van der Waals surface area (Å²) in [5, 5.41) is 2.58. The Kier molecular flexibility index (Phi) is 6.92. The van der Waals surface area contributed by atoms with Gasteiger partial charge in [-0.3, -0.25) is 0 Å². The lowest BCUT2D eigenvalue weighted by molar-refractivity contribution is 0.262. The molecule has 154 valence electrons. The molecule has 1 N–H and O–H groups in total. The van der Waals surface area contributed by atoms with E-state index >= 15 is 0 Å². The molecule has 2 heteroatoms. The van der Waals surface area contributed by atoms with Crippen LogP contribution in [-0.4, -0.2) is 4.98 Å². The van der Waals surface area contributed by atoms with Gasteiger partial charge >= 0.3 is 0 Å². The molecule has 1 aromatic heterocycles. The van der Waals surface area contributed by atoms with Crippen LogP contribution in [0.2, 0.25) is 0 Å². The van der Waals surface area contributed by atoms with E-state index in [0.717, 1.165) is 5.76 Å². The van der Waals surface area contributed by atoms with E-state index in [9.17, 15) is 0 Å². The first-order valence-electron chi connectivity index (χ1n) is 11.7. The van der Waals surface area contributed by atoms with Gasteiger partial charge in [0.1, 0.15) is 12.4 Å². The van der Waals surface area contributed by atoms with Crippen molar-refractivity contribution in [2.24, 2.45) is 0 Å². The number of H-pyrrole nitrogens is 1. The summed E-state index contributed by atoms with van der Waals surface area (Å²) in [6.45, 7) is 2.91. The quantitative estimate of drug-likeness (QED) is 0.506. The number of ether oxygens (including phenoxy) is 1. The van der Waals surface area contributed by atoms with E-state index in [2.05, 4.69) is 60.5 Å². The van der Waals surface area contributed by atoms with Gasteiger partial charge in [-0.1, -0.05) is 87.9 Å². The van der Waals surface area contributed by atoms with Crippen LogP contribution in [0.4, 0.5) is 0 Å². The Balaban J connectivity index is 1.52. The molecule has 0 saturated heterocycles. The smallest absolute Gasteiger partial charge is 0.143 e. The van der Waals surface area contributed by atoms with Crippen molar-refractivity contribution >= 4 is 11.8 Å². The van der Waals surface area contributed by atoms with E-state index in [4.69, 9.17) is 4.74 Å². The average molecular weight is 390 g/mol. The minimum atomic E-state index is 0.534. The second kappa shape index (κ2) is 10.0. The summed E-state index contributed by atoms with van der Waals surface area (Å²) >= 11 is 0. The van der Waals surface area contributed by atoms with Gasteiger partial charge in [0.2, 0.25) is 0 Å². The van der Waals surface area contributed by atoms with Gasteiger partial charge in [0.05, 0.1) is 5.35 Å². The van der Waals surface area contributed by atoms with Gasteiger partial charge in [-0.2, -0.15) is 0 Å². The number of benzene rings is 1. The number of fused-ring (bicyclic) bond motifs is 3. The fourth-order valence-corrected chi connectivity index (χ4v) is 4.77. The van der Waals surface area contributed by atoms with E-state index in [1.807, 2.05) is 0 Å². The number of rotatable bonds is 10. The van der Waals surface area contributed by atoms with Crippen LogP contribution in [0, 0.1) is 0 Å². The first-order chi connectivity index (χ1) is 14.4. The van der Waals surface area contributed by atoms with Gasteiger partial charge in [-0.25, -0.2) is 0 Å². The molecule has 0 fully saturated rings. The van der Waals surface area contributed by atoms with Crippen molar-refractivity contribution in [3.05, 3.63) is 69.9 Å². The Hall–Kier alpha value is -2.22. The Bertz CT molecular complexity index is 935. The van der Waals surface area contributed by atoms with Gasteiger partial charge in [0, 0.05) is 11.3 Å². The third kappa shape index (κ3) is 4.86. The summed E-state index contributed by atoms with van der Waals surface area (Å²) in [6, 6.07) is 10.5. The predicted molar refractivity (Wildman–Crippen MR) is 122 cm³/mol. The molecule has 1 heterocycles. The highest BCUT2D eigenvalue weighted by atomic mass is 16.5. The van der Waals surface area contributed by atoms with Gasteiger partial charge in [-0.15, -0.1) is 0 Å². The summed E-state index contributed by atoms with van der Waals surface area (Å²) in [7, 11) is 0. The van der Waals surface area contributed by atoms with Crippen molar-refractivity contribution < 1.29 is 4.74 Å². The lowest BCUT2D eigenvalue weighted by Crippen LogP contribution is -2.21. The number of unbranched alkanes of at least 4 members (excludes halogenated alkanes) is 5. The number of aromatic amines is 1. The van der Waals surface area contributed by atoms with E-state index in [1.54, 1.807) is 5.56 Å². The zero-order valence-corrected chi connectivity index (χ0v) is 17.9. The lowest BCUT2D eigenvalue weighted by atomic mass is 9.86. The van der Waals surface area contributed by atoms with Crippen molar-refractivity contribution in [1.82, 2.24) is 4.98 Å². The minimum absolute atomic E-state index is 0.534. The first kappa shape index (κ1) is 20.1. The summed E-state index contributed by atoms with van der Waals surface area (Å²) in [5.41, 5.74) is 4.29. The van der Waals surface area contributed by atoms with Crippen LogP contribution in [0.5, 0.6) is 0 Å². The van der Waals surface area contributed by atoms with E-state index in [-0.39, 0.29) is 0 Å². The molecule has 1 aromatic carbocycles. The molecule has 2 aliphatic carbocycles. The van der Waals surface area contributed by atoms with Crippen LogP contribution in [0.1, 0.15) is 87.3 Å². The summed E-state index contributed by atoms with van der Waals surface area (Å²) in [5.74, 6) is 1.54. The number of aromatic nitrogens is 1. The molecule has 0 saturated carbocycles. The fourth-order valence-electron chi connectivity index (χ4n) is 4.77. The zero-order chi connectivity index (χ0) is 19.9. The molecule has 0 spiro atoms. The second-order valence-electron chi connectivity index (χ2n) is 8.56. The molecule has 0 bridgehead atoms. The second-order valence-corrected chi connectivity index (χ2v) is 8.56. The molecule has 2 nitrogen and oxygen atoms in total. The standard InChI is InChI=1S/C27H35NO/c1-2-3-4-5-6-10-15-22-18-19-25(29-20-21-13-8-7-9-14-21)27-26(22)23-16-11-12-17-24(23)28-27/h7-9,13-14,17-19,22,28H,2-6,10-12,15-16,20H2,1H3. The van der Waals surface area contributed by atoms with Crippen LogP contribution in [0.3, 0.4) is 0 Å². The maximum atomic E-state index is 6.28. The zero-order valence-electron chi connectivity index (χ0n) is 17.9. The topological polar surface area (TPSA) is 25.0 Å². The summed E-state index contributed by atoms with van der Waals surface area (Å²) < 4.78 is 6.28. The average Bonchev–Trinajstić information content (AvgIpc) is 3.16. The molecule has 1 atom stereocenters. The molecule has 0 radical (unpaired) electrons. The predicted octanol–water partition coefficient (Wildman–Crippen LogP) is 5.86. The van der Waals surface area contributed by atoms with Gasteiger partial charge < -0.3 is 9.72 Å². The molecular weight excluding hydrogens is 354 g/mol.